The van der Waals surface area contributed by atoms with Gasteiger partial charge in [-0.25, -0.2) is 4.39 Å². The third-order valence-corrected chi connectivity index (χ3v) is 5.01. The van der Waals surface area contributed by atoms with Crippen molar-refractivity contribution in [1.29, 1.82) is 5.26 Å². The molecule has 1 fully saturated rings. The molecule has 0 aliphatic carbocycles. The van der Waals surface area contributed by atoms with Gasteiger partial charge >= 0.3 is 0 Å². The van der Waals surface area contributed by atoms with Gasteiger partial charge in [0.15, 0.2) is 0 Å². The zero-order valence-electron chi connectivity index (χ0n) is 14.3. The largest absolute Gasteiger partial charge is 0.369 e. The van der Waals surface area contributed by atoms with Crippen LogP contribution in [0.5, 0.6) is 0 Å². The van der Waals surface area contributed by atoms with Crippen molar-refractivity contribution in [3.05, 3.63) is 63.4 Å². The topological polar surface area (TPSA) is 56.1 Å². The van der Waals surface area contributed by atoms with E-state index in [0.717, 1.165) is 25.9 Å². The van der Waals surface area contributed by atoms with Gasteiger partial charge in [-0.15, -0.1) is 0 Å². The summed E-state index contributed by atoms with van der Waals surface area (Å²) in [6, 6.07) is 11.2. The smallest absolute Gasteiger partial charge is 0.266 e. The molecule has 0 bridgehead atoms. The van der Waals surface area contributed by atoms with E-state index in [-0.39, 0.29) is 16.4 Å². The van der Waals surface area contributed by atoms with Crippen LogP contribution < -0.4 is 10.2 Å². The molecule has 2 aromatic carbocycles. The van der Waals surface area contributed by atoms with Gasteiger partial charge < -0.3 is 10.2 Å². The summed E-state index contributed by atoms with van der Waals surface area (Å²) in [4.78, 5) is 14.3. The second-order valence-electron chi connectivity index (χ2n) is 6.16. The van der Waals surface area contributed by atoms with Crippen molar-refractivity contribution in [2.45, 2.75) is 12.8 Å². The minimum atomic E-state index is -0.611. The lowest BCUT2D eigenvalue weighted by atomic mass is 10.1. The summed E-state index contributed by atoms with van der Waals surface area (Å²) in [6.45, 7) is 1.67. The number of anilines is 2. The number of nitrogens with zero attached hydrogens (tertiary/aromatic N) is 2. The lowest BCUT2D eigenvalue weighted by molar-refractivity contribution is -0.112. The van der Waals surface area contributed by atoms with E-state index in [2.05, 4.69) is 5.32 Å². The Hall–Kier alpha value is -2.55. The second kappa shape index (κ2) is 8.43. The minimum Gasteiger partial charge on any atom is -0.369 e. The fourth-order valence-corrected chi connectivity index (χ4v) is 3.21. The van der Waals surface area contributed by atoms with E-state index in [9.17, 15) is 14.4 Å². The number of halogens is 3. The average Bonchev–Trinajstić information content (AvgIpc) is 3.17. The van der Waals surface area contributed by atoms with Crippen LogP contribution >= 0.6 is 23.2 Å². The molecule has 3 rings (SSSR count). The molecule has 0 atom stereocenters. The number of hydrogen-bond acceptors (Lipinski definition) is 3. The molecule has 1 amide bonds. The first-order valence-corrected chi connectivity index (χ1v) is 9.16. The highest BCUT2D eigenvalue weighted by Gasteiger charge is 2.16. The Labute approximate surface area is 166 Å². The summed E-state index contributed by atoms with van der Waals surface area (Å²) >= 11 is 11.8. The zero-order valence-corrected chi connectivity index (χ0v) is 15.8. The monoisotopic (exact) mass is 403 g/mol. The first kappa shape index (κ1) is 19.2. The molecule has 7 heteroatoms. The number of rotatable bonds is 4. The number of carbonyl (C=O) groups is 1. The van der Waals surface area contributed by atoms with Crippen LogP contribution in [0.2, 0.25) is 10.0 Å². The second-order valence-corrected chi connectivity index (χ2v) is 6.97. The van der Waals surface area contributed by atoms with Crippen molar-refractivity contribution in [2.24, 2.45) is 0 Å². The van der Waals surface area contributed by atoms with Crippen molar-refractivity contribution >= 4 is 46.6 Å². The molecule has 27 heavy (non-hydrogen) atoms. The van der Waals surface area contributed by atoms with E-state index < -0.39 is 5.91 Å². The number of benzene rings is 2. The van der Waals surface area contributed by atoms with Gasteiger partial charge in [0.05, 0.1) is 15.7 Å². The molecule has 0 aromatic heterocycles. The van der Waals surface area contributed by atoms with Gasteiger partial charge in [-0.2, -0.15) is 5.26 Å². The van der Waals surface area contributed by atoms with Crippen molar-refractivity contribution in [2.75, 3.05) is 23.3 Å². The van der Waals surface area contributed by atoms with Crippen LogP contribution in [0.15, 0.2) is 42.0 Å². The van der Waals surface area contributed by atoms with Crippen LogP contribution in [0.25, 0.3) is 6.08 Å². The number of hydrogen-bond donors (Lipinski definition) is 1. The van der Waals surface area contributed by atoms with Crippen LogP contribution in [0.4, 0.5) is 15.8 Å². The molecule has 1 heterocycles. The fourth-order valence-electron chi connectivity index (χ4n) is 2.91. The van der Waals surface area contributed by atoms with Gasteiger partial charge in [-0.3, -0.25) is 4.79 Å². The first-order valence-electron chi connectivity index (χ1n) is 8.40. The summed E-state index contributed by atoms with van der Waals surface area (Å²) in [5, 5.41) is 12.5. The summed E-state index contributed by atoms with van der Waals surface area (Å²) in [6.07, 6.45) is 3.45. The average molecular weight is 404 g/mol. The van der Waals surface area contributed by atoms with Crippen molar-refractivity contribution < 1.29 is 9.18 Å². The Balaban J connectivity index is 1.78. The quantitative estimate of drug-likeness (QED) is 0.557. The minimum absolute atomic E-state index is 0.144. The molecular formula is C20H16Cl2FN3O. The first-order chi connectivity index (χ1) is 13.0. The van der Waals surface area contributed by atoms with E-state index >= 15 is 0 Å². The van der Waals surface area contributed by atoms with Crippen LogP contribution in [0.3, 0.4) is 0 Å². The molecule has 0 unspecified atom stereocenters. The molecule has 0 saturated carbocycles. The van der Waals surface area contributed by atoms with Crippen molar-refractivity contribution in [3.63, 3.8) is 0 Å². The van der Waals surface area contributed by atoms with Gasteiger partial charge in [0.25, 0.3) is 5.91 Å². The Morgan fingerprint density at radius 3 is 2.52 bits per heavy atom. The maximum absolute atomic E-state index is 14.4. The third kappa shape index (κ3) is 4.60. The fraction of sp³-hybridized carbons (Fsp3) is 0.200. The van der Waals surface area contributed by atoms with Crippen LogP contribution in [0.1, 0.15) is 18.4 Å². The van der Waals surface area contributed by atoms with E-state index in [1.807, 2.05) is 11.0 Å². The predicted molar refractivity (Wildman–Crippen MR) is 107 cm³/mol. The normalized spacial score (nSPS) is 14.1. The number of nitriles is 1. The summed E-state index contributed by atoms with van der Waals surface area (Å²) in [5.41, 5.74) is 1.25. The number of carbonyl (C=O) groups excluding carboxylic acids is 1. The highest BCUT2D eigenvalue weighted by molar-refractivity contribution is 6.42. The third-order valence-electron chi connectivity index (χ3n) is 4.27. The van der Waals surface area contributed by atoms with Gasteiger partial charge in [-0.05, 0) is 54.8 Å². The van der Waals surface area contributed by atoms with Crippen LogP contribution in [-0.2, 0) is 4.79 Å². The summed E-state index contributed by atoms with van der Waals surface area (Å²) in [7, 11) is 0. The van der Waals surface area contributed by atoms with Crippen LogP contribution in [-0.4, -0.2) is 19.0 Å². The Bertz CT molecular complexity index is 947. The van der Waals surface area contributed by atoms with Gasteiger partial charge in [0.2, 0.25) is 0 Å². The Morgan fingerprint density at radius 1 is 1.15 bits per heavy atom. The Kier molecular flexibility index (Phi) is 6.00. The predicted octanol–water partition coefficient (Wildman–Crippen LogP) is 5.28. The van der Waals surface area contributed by atoms with Crippen LogP contribution in [0, 0.1) is 17.1 Å². The molecule has 138 valence electrons. The molecule has 1 N–H and O–H groups in total. The molecular weight excluding hydrogens is 388 g/mol. The molecule has 2 aromatic rings. The number of amides is 1. The zero-order chi connectivity index (χ0) is 19.4. The standard InChI is InChI=1S/C20H16Cl2FN3O/c21-16-5-4-15(11-17(16)22)25-20(27)14(12-24)9-13-3-6-19(18(23)10-13)26-7-1-2-8-26/h3-6,9-11H,1-2,7-8H2,(H,25,27)/b14-9-. The molecule has 1 saturated heterocycles. The molecule has 1 aliphatic heterocycles. The summed E-state index contributed by atoms with van der Waals surface area (Å²) in [5.74, 6) is -0.979. The SMILES string of the molecule is N#C/C(=C/c1ccc(N2CCCC2)c(F)c1)C(=O)Nc1ccc(Cl)c(Cl)c1. The Morgan fingerprint density at radius 2 is 1.89 bits per heavy atom. The molecule has 1 aliphatic rings. The van der Waals surface area contributed by atoms with E-state index in [4.69, 9.17) is 23.2 Å². The van der Waals surface area contributed by atoms with Gasteiger partial charge in [0.1, 0.15) is 17.5 Å². The lowest BCUT2D eigenvalue weighted by Crippen LogP contribution is -2.18. The van der Waals surface area contributed by atoms with E-state index in [1.54, 1.807) is 24.3 Å². The highest BCUT2D eigenvalue weighted by Crippen LogP contribution is 2.26. The molecule has 0 spiro atoms. The highest BCUT2D eigenvalue weighted by atomic mass is 35.5. The maximum atomic E-state index is 14.4. The van der Waals surface area contributed by atoms with Gasteiger partial charge in [0, 0.05) is 18.8 Å². The van der Waals surface area contributed by atoms with Gasteiger partial charge in [-0.1, -0.05) is 29.3 Å². The molecule has 0 radical (unpaired) electrons. The van der Waals surface area contributed by atoms with E-state index in [0.29, 0.717) is 22.0 Å². The number of nitrogens with one attached hydrogen (secondary N) is 1. The molecule has 4 nitrogen and oxygen atoms in total. The van der Waals surface area contributed by atoms with Crippen molar-refractivity contribution in [1.82, 2.24) is 0 Å². The maximum Gasteiger partial charge on any atom is 0.266 e. The van der Waals surface area contributed by atoms with Crippen molar-refractivity contribution in [3.8, 4) is 6.07 Å². The lowest BCUT2D eigenvalue weighted by Gasteiger charge is -2.18. The summed E-state index contributed by atoms with van der Waals surface area (Å²) < 4.78 is 14.4. The van der Waals surface area contributed by atoms with E-state index in [1.165, 1.54) is 18.2 Å².